The van der Waals surface area contributed by atoms with Crippen LogP contribution in [0.15, 0.2) is 53.4 Å². The fourth-order valence-corrected chi connectivity index (χ4v) is 2.67. The molecule has 0 bridgehead atoms. The van der Waals surface area contributed by atoms with Crippen LogP contribution in [0, 0.1) is 0 Å². The summed E-state index contributed by atoms with van der Waals surface area (Å²) in [7, 11) is 0. The first-order valence-corrected chi connectivity index (χ1v) is 7.45. The van der Waals surface area contributed by atoms with Gasteiger partial charge in [0.25, 0.3) is 0 Å². The standard InChI is InChI=1S/C15H15BrN4O/c16-13-3-1-2-11(8-13)12(10-21)9-19-14-4-5-17-15-18-6-7-20(14)15/h1-8,12,19,21H,9-10H2. The van der Waals surface area contributed by atoms with Crippen LogP contribution in [0.5, 0.6) is 0 Å². The summed E-state index contributed by atoms with van der Waals surface area (Å²) in [5, 5.41) is 13.0. The number of hydrogen-bond donors (Lipinski definition) is 2. The van der Waals surface area contributed by atoms with Crippen molar-refractivity contribution in [1.82, 2.24) is 14.4 Å². The van der Waals surface area contributed by atoms with E-state index in [1.165, 1.54) is 0 Å². The van der Waals surface area contributed by atoms with E-state index < -0.39 is 0 Å². The molecule has 0 spiro atoms. The van der Waals surface area contributed by atoms with Crippen molar-refractivity contribution < 1.29 is 5.11 Å². The van der Waals surface area contributed by atoms with Crippen LogP contribution in [0.4, 0.5) is 5.82 Å². The predicted octanol–water partition coefficient (Wildman–Crippen LogP) is 2.68. The molecule has 3 aromatic rings. The summed E-state index contributed by atoms with van der Waals surface area (Å²) in [4.78, 5) is 8.33. The van der Waals surface area contributed by atoms with Crippen LogP contribution in [-0.4, -0.2) is 32.6 Å². The monoisotopic (exact) mass is 346 g/mol. The zero-order chi connectivity index (χ0) is 14.7. The lowest BCUT2D eigenvalue weighted by molar-refractivity contribution is 0.270. The minimum atomic E-state index is 0.0224. The third-order valence-corrected chi connectivity index (χ3v) is 3.87. The second kappa shape index (κ2) is 6.24. The van der Waals surface area contributed by atoms with Crippen molar-refractivity contribution in [3.63, 3.8) is 0 Å². The Bertz CT molecular complexity index is 743. The van der Waals surface area contributed by atoms with Crippen molar-refractivity contribution in [3.05, 3.63) is 59.0 Å². The van der Waals surface area contributed by atoms with E-state index in [2.05, 4.69) is 31.2 Å². The predicted molar refractivity (Wildman–Crippen MR) is 85.4 cm³/mol. The quantitative estimate of drug-likeness (QED) is 0.745. The van der Waals surface area contributed by atoms with Crippen molar-refractivity contribution >= 4 is 27.5 Å². The van der Waals surface area contributed by atoms with Gasteiger partial charge in [-0.1, -0.05) is 28.1 Å². The molecule has 1 atom stereocenters. The van der Waals surface area contributed by atoms with Gasteiger partial charge in [-0.05, 0) is 23.8 Å². The van der Waals surface area contributed by atoms with Gasteiger partial charge in [-0.25, -0.2) is 9.97 Å². The highest BCUT2D eigenvalue weighted by atomic mass is 79.9. The Morgan fingerprint density at radius 3 is 2.90 bits per heavy atom. The van der Waals surface area contributed by atoms with E-state index in [1.807, 2.05) is 40.9 Å². The molecule has 0 aliphatic rings. The number of halogens is 1. The third-order valence-electron chi connectivity index (χ3n) is 3.37. The second-order valence-electron chi connectivity index (χ2n) is 4.74. The molecule has 2 heterocycles. The number of anilines is 1. The Labute approximate surface area is 130 Å². The van der Waals surface area contributed by atoms with Crippen LogP contribution in [0.2, 0.25) is 0 Å². The average molecular weight is 347 g/mol. The molecule has 0 saturated carbocycles. The molecule has 2 aromatic heterocycles. The summed E-state index contributed by atoms with van der Waals surface area (Å²) in [6.45, 7) is 0.714. The highest BCUT2D eigenvalue weighted by molar-refractivity contribution is 9.10. The van der Waals surface area contributed by atoms with Crippen molar-refractivity contribution in [1.29, 1.82) is 0 Å². The van der Waals surface area contributed by atoms with E-state index in [4.69, 9.17) is 0 Å². The highest BCUT2D eigenvalue weighted by Crippen LogP contribution is 2.20. The zero-order valence-corrected chi connectivity index (χ0v) is 12.9. The number of aliphatic hydroxyl groups is 1. The van der Waals surface area contributed by atoms with Gasteiger partial charge in [-0.15, -0.1) is 0 Å². The average Bonchev–Trinajstić information content (AvgIpc) is 2.97. The summed E-state index contributed by atoms with van der Waals surface area (Å²) in [5.74, 6) is 1.59. The maximum absolute atomic E-state index is 9.63. The van der Waals surface area contributed by atoms with E-state index in [0.717, 1.165) is 15.9 Å². The maximum atomic E-state index is 9.63. The van der Waals surface area contributed by atoms with Crippen LogP contribution in [-0.2, 0) is 0 Å². The molecule has 3 rings (SSSR count). The van der Waals surface area contributed by atoms with Crippen LogP contribution < -0.4 is 5.32 Å². The van der Waals surface area contributed by atoms with Crippen LogP contribution in [0.3, 0.4) is 0 Å². The molecule has 0 fully saturated rings. The molecule has 6 heteroatoms. The number of nitrogens with one attached hydrogen (secondary N) is 1. The van der Waals surface area contributed by atoms with Crippen molar-refractivity contribution in [2.24, 2.45) is 0 Å². The van der Waals surface area contributed by atoms with E-state index in [9.17, 15) is 5.11 Å². The Balaban J connectivity index is 1.78. The number of benzene rings is 1. The first kappa shape index (κ1) is 14.0. The Morgan fingerprint density at radius 1 is 1.24 bits per heavy atom. The molecular formula is C15H15BrN4O. The number of rotatable bonds is 5. The fourth-order valence-electron chi connectivity index (χ4n) is 2.25. The van der Waals surface area contributed by atoms with Gasteiger partial charge >= 0.3 is 0 Å². The van der Waals surface area contributed by atoms with Crippen LogP contribution in [0.1, 0.15) is 11.5 Å². The second-order valence-corrected chi connectivity index (χ2v) is 5.66. The van der Waals surface area contributed by atoms with Crippen molar-refractivity contribution in [3.8, 4) is 0 Å². The van der Waals surface area contributed by atoms with Gasteiger partial charge in [0.15, 0.2) is 0 Å². The molecule has 0 saturated heterocycles. The lowest BCUT2D eigenvalue weighted by Crippen LogP contribution is -2.17. The summed E-state index contributed by atoms with van der Waals surface area (Å²) >= 11 is 3.46. The van der Waals surface area contributed by atoms with Gasteiger partial charge in [-0.2, -0.15) is 0 Å². The molecule has 1 aromatic carbocycles. The first-order chi connectivity index (χ1) is 10.3. The topological polar surface area (TPSA) is 62.5 Å². The molecule has 5 nitrogen and oxygen atoms in total. The minimum absolute atomic E-state index is 0.0224. The van der Waals surface area contributed by atoms with E-state index in [-0.39, 0.29) is 12.5 Å². The Morgan fingerprint density at radius 2 is 2.10 bits per heavy atom. The van der Waals surface area contributed by atoms with E-state index in [1.54, 1.807) is 12.4 Å². The van der Waals surface area contributed by atoms with Gasteiger partial charge in [0.2, 0.25) is 5.78 Å². The molecular weight excluding hydrogens is 332 g/mol. The first-order valence-electron chi connectivity index (χ1n) is 6.66. The van der Waals surface area contributed by atoms with Crippen LogP contribution >= 0.6 is 15.9 Å². The Kier molecular flexibility index (Phi) is 4.17. The molecule has 0 radical (unpaired) electrons. The highest BCUT2D eigenvalue weighted by Gasteiger charge is 2.11. The largest absolute Gasteiger partial charge is 0.396 e. The number of aromatic nitrogens is 3. The van der Waals surface area contributed by atoms with Gasteiger partial charge in [-0.3, -0.25) is 4.40 Å². The minimum Gasteiger partial charge on any atom is -0.396 e. The lowest BCUT2D eigenvalue weighted by atomic mass is 10.0. The van der Waals surface area contributed by atoms with Gasteiger partial charge in [0, 0.05) is 35.5 Å². The number of fused-ring (bicyclic) bond motifs is 1. The number of aliphatic hydroxyl groups excluding tert-OH is 1. The van der Waals surface area contributed by atoms with E-state index >= 15 is 0 Å². The van der Waals surface area contributed by atoms with Crippen molar-refractivity contribution in [2.75, 3.05) is 18.5 Å². The van der Waals surface area contributed by atoms with Crippen molar-refractivity contribution in [2.45, 2.75) is 5.92 Å². The zero-order valence-electron chi connectivity index (χ0n) is 11.3. The van der Waals surface area contributed by atoms with Gasteiger partial charge in [0.1, 0.15) is 5.82 Å². The van der Waals surface area contributed by atoms with E-state index in [0.29, 0.717) is 12.3 Å². The molecule has 0 amide bonds. The lowest BCUT2D eigenvalue weighted by Gasteiger charge is -2.17. The summed E-state index contributed by atoms with van der Waals surface area (Å²) in [5.41, 5.74) is 1.09. The van der Waals surface area contributed by atoms with Gasteiger partial charge in [0.05, 0.1) is 6.61 Å². The fraction of sp³-hybridized carbons (Fsp3) is 0.200. The smallest absolute Gasteiger partial charge is 0.235 e. The number of hydrogen-bond acceptors (Lipinski definition) is 4. The van der Waals surface area contributed by atoms with Gasteiger partial charge < -0.3 is 10.4 Å². The number of nitrogens with zero attached hydrogens (tertiary/aromatic N) is 3. The summed E-state index contributed by atoms with van der Waals surface area (Å²) < 4.78 is 2.90. The third kappa shape index (κ3) is 3.06. The normalized spacial score (nSPS) is 12.5. The van der Waals surface area contributed by atoms with Crippen LogP contribution in [0.25, 0.3) is 5.78 Å². The molecule has 2 N–H and O–H groups in total. The molecule has 108 valence electrons. The molecule has 0 aliphatic carbocycles. The molecule has 21 heavy (non-hydrogen) atoms. The summed E-state index contributed by atoms with van der Waals surface area (Å²) in [6.07, 6.45) is 5.29. The molecule has 0 aliphatic heterocycles. The number of imidazole rings is 1. The maximum Gasteiger partial charge on any atom is 0.235 e. The molecule has 1 unspecified atom stereocenters. The summed E-state index contributed by atoms with van der Waals surface area (Å²) in [6, 6.07) is 9.89. The SMILES string of the molecule is OCC(CNc1ccnc2nccn12)c1cccc(Br)c1. The Hall–Kier alpha value is -1.92.